The Morgan fingerprint density at radius 3 is 2.50 bits per heavy atom. The molecule has 0 atom stereocenters. The summed E-state index contributed by atoms with van der Waals surface area (Å²) in [4.78, 5) is 26.4. The summed E-state index contributed by atoms with van der Waals surface area (Å²) in [5.41, 5.74) is 3.99. The van der Waals surface area contributed by atoms with Crippen molar-refractivity contribution in [2.75, 3.05) is 13.1 Å². The Morgan fingerprint density at radius 2 is 1.92 bits per heavy atom. The Kier molecular flexibility index (Phi) is 3.35. The van der Waals surface area contributed by atoms with Gasteiger partial charge in [0.1, 0.15) is 11.6 Å². The van der Waals surface area contributed by atoms with Crippen LogP contribution in [0.1, 0.15) is 54.1 Å². The minimum Gasteiger partial charge on any atom is -0.370 e. The molecule has 2 fully saturated rings. The van der Waals surface area contributed by atoms with E-state index in [1.54, 1.807) is 13.0 Å². The van der Waals surface area contributed by atoms with Gasteiger partial charge < -0.3 is 4.90 Å². The average molecular weight is 320 g/mol. The van der Waals surface area contributed by atoms with E-state index in [0.717, 1.165) is 42.8 Å². The average Bonchev–Trinajstić information content (AvgIpc) is 3.33. The zero-order chi connectivity index (χ0) is 16.9. The monoisotopic (exact) mass is 320 g/mol. The van der Waals surface area contributed by atoms with Gasteiger partial charge in [-0.3, -0.25) is 9.59 Å². The topological polar surface area (TPSA) is 61.2 Å². The molecule has 0 N–H and O–H groups in total. The Labute approximate surface area is 141 Å². The van der Waals surface area contributed by atoms with Crippen LogP contribution in [0.5, 0.6) is 0 Å². The second-order valence-corrected chi connectivity index (χ2v) is 7.35. The third-order valence-electron chi connectivity index (χ3n) is 5.85. The van der Waals surface area contributed by atoms with Crippen LogP contribution in [0.25, 0.3) is 5.70 Å². The van der Waals surface area contributed by atoms with Gasteiger partial charge in [0.15, 0.2) is 11.6 Å². The first-order valence-corrected chi connectivity index (χ1v) is 8.60. The lowest BCUT2D eigenvalue weighted by Crippen LogP contribution is -2.36. The second-order valence-electron chi connectivity index (χ2n) is 7.35. The molecule has 2 aliphatic carbocycles. The van der Waals surface area contributed by atoms with Crippen LogP contribution in [0.2, 0.25) is 0 Å². The number of rotatable bonds is 2. The first kappa shape index (κ1) is 15.1. The van der Waals surface area contributed by atoms with E-state index in [9.17, 15) is 14.9 Å². The molecule has 1 saturated heterocycles. The van der Waals surface area contributed by atoms with Crippen molar-refractivity contribution in [1.29, 1.82) is 5.26 Å². The summed E-state index contributed by atoms with van der Waals surface area (Å²) in [6.07, 6.45) is 5.14. The lowest BCUT2D eigenvalue weighted by molar-refractivity contribution is -0.114. The maximum absolute atomic E-state index is 12.4. The highest BCUT2D eigenvalue weighted by Gasteiger charge is 2.45. The molecule has 24 heavy (non-hydrogen) atoms. The fourth-order valence-corrected chi connectivity index (χ4v) is 4.02. The van der Waals surface area contributed by atoms with Crippen LogP contribution < -0.4 is 0 Å². The number of nitrogens with zero attached hydrogens (tertiary/aromatic N) is 2. The van der Waals surface area contributed by atoms with Gasteiger partial charge in [-0.15, -0.1) is 0 Å². The Hall–Kier alpha value is -2.41. The maximum atomic E-state index is 12.4. The highest BCUT2D eigenvalue weighted by molar-refractivity contribution is 6.10. The Morgan fingerprint density at radius 1 is 1.21 bits per heavy atom. The Balaban J connectivity index is 1.79. The SMILES string of the molecule is CC(=O)c1ccc2c(c1)C(N1CCC3(CC1)CC3)=C(C#N)C(=O)C2. The summed E-state index contributed by atoms with van der Waals surface area (Å²) >= 11 is 0. The van der Waals surface area contributed by atoms with Crippen molar-refractivity contribution in [2.45, 2.75) is 39.0 Å². The van der Waals surface area contributed by atoms with Crippen LogP contribution in [0.3, 0.4) is 0 Å². The minimum atomic E-state index is -0.109. The third-order valence-corrected chi connectivity index (χ3v) is 5.85. The van der Waals surface area contributed by atoms with E-state index in [4.69, 9.17) is 0 Å². The zero-order valence-electron chi connectivity index (χ0n) is 13.9. The number of carbonyl (C=O) groups is 2. The second kappa shape index (κ2) is 5.31. The molecule has 1 saturated carbocycles. The third kappa shape index (κ3) is 2.36. The van der Waals surface area contributed by atoms with E-state index in [-0.39, 0.29) is 23.6 Å². The summed E-state index contributed by atoms with van der Waals surface area (Å²) < 4.78 is 0. The molecule has 122 valence electrons. The predicted molar refractivity (Wildman–Crippen MR) is 90.2 cm³/mol. The number of likely N-dealkylation sites (tertiary alicyclic amines) is 1. The van der Waals surface area contributed by atoms with Crippen LogP contribution in [-0.2, 0) is 11.2 Å². The Bertz CT molecular complexity index is 815. The first-order chi connectivity index (χ1) is 11.5. The molecule has 0 amide bonds. The van der Waals surface area contributed by atoms with Crippen LogP contribution >= 0.6 is 0 Å². The molecular weight excluding hydrogens is 300 g/mol. The van der Waals surface area contributed by atoms with E-state index >= 15 is 0 Å². The van der Waals surface area contributed by atoms with Crippen LogP contribution in [0.15, 0.2) is 23.8 Å². The molecule has 0 unspecified atom stereocenters. The first-order valence-electron chi connectivity index (χ1n) is 8.60. The highest BCUT2D eigenvalue weighted by atomic mass is 16.1. The summed E-state index contributed by atoms with van der Waals surface area (Å²) in [7, 11) is 0. The van der Waals surface area contributed by atoms with E-state index in [2.05, 4.69) is 11.0 Å². The molecule has 0 bridgehead atoms. The van der Waals surface area contributed by atoms with Crippen molar-refractivity contribution in [2.24, 2.45) is 5.41 Å². The van der Waals surface area contributed by atoms with Gasteiger partial charge in [0.25, 0.3) is 0 Å². The molecule has 1 spiro atoms. The van der Waals surface area contributed by atoms with Gasteiger partial charge in [0, 0.05) is 30.6 Å². The summed E-state index contributed by atoms with van der Waals surface area (Å²) in [5.74, 6) is -0.106. The molecule has 0 radical (unpaired) electrons. The van der Waals surface area contributed by atoms with E-state index < -0.39 is 0 Å². The number of Topliss-reactive ketones (excluding diaryl/α,β-unsaturated/α-hetero) is 2. The largest absolute Gasteiger partial charge is 0.370 e. The van der Waals surface area contributed by atoms with Gasteiger partial charge in [-0.1, -0.05) is 12.1 Å². The fraction of sp³-hybridized carbons (Fsp3) is 0.450. The van der Waals surface area contributed by atoms with Crippen LogP contribution in [0, 0.1) is 16.7 Å². The molecule has 1 heterocycles. The number of hydrogen-bond donors (Lipinski definition) is 0. The van der Waals surface area contributed by atoms with Crippen LogP contribution in [0.4, 0.5) is 0 Å². The lowest BCUT2D eigenvalue weighted by atomic mass is 9.85. The predicted octanol–water partition coefficient (Wildman–Crippen LogP) is 3.13. The van der Waals surface area contributed by atoms with E-state index in [1.807, 2.05) is 12.1 Å². The number of hydrogen-bond acceptors (Lipinski definition) is 4. The van der Waals surface area contributed by atoms with Gasteiger partial charge in [0.05, 0.1) is 5.70 Å². The molecule has 0 aromatic heterocycles. The number of carbonyl (C=O) groups excluding carboxylic acids is 2. The zero-order valence-corrected chi connectivity index (χ0v) is 13.9. The molecule has 4 nitrogen and oxygen atoms in total. The summed E-state index contributed by atoms with van der Waals surface area (Å²) in [5, 5.41) is 9.56. The van der Waals surface area contributed by atoms with Crippen molar-refractivity contribution < 1.29 is 9.59 Å². The number of nitriles is 1. The highest BCUT2D eigenvalue weighted by Crippen LogP contribution is 2.54. The summed E-state index contributed by atoms with van der Waals surface area (Å²) in [6, 6.07) is 7.63. The molecule has 1 aliphatic heterocycles. The lowest BCUT2D eigenvalue weighted by Gasteiger charge is -2.37. The maximum Gasteiger partial charge on any atom is 0.179 e. The van der Waals surface area contributed by atoms with Gasteiger partial charge in [-0.25, -0.2) is 0 Å². The number of benzene rings is 1. The fourth-order valence-electron chi connectivity index (χ4n) is 4.02. The van der Waals surface area contributed by atoms with Crippen LogP contribution in [-0.4, -0.2) is 29.6 Å². The minimum absolute atomic E-state index is 0.00290. The van der Waals surface area contributed by atoms with Gasteiger partial charge in [-0.05, 0) is 49.7 Å². The molecule has 1 aromatic rings. The number of allylic oxidation sites excluding steroid dienone is 1. The number of ketones is 2. The van der Waals surface area contributed by atoms with Crippen molar-refractivity contribution >= 4 is 17.3 Å². The molecule has 4 heteroatoms. The van der Waals surface area contributed by atoms with Gasteiger partial charge >= 0.3 is 0 Å². The molecule has 1 aromatic carbocycles. The van der Waals surface area contributed by atoms with E-state index in [0.29, 0.717) is 11.0 Å². The van der Waals surface area contributed by atoms with Crippen molar-refractivity contribution in [1.82, 2.24) is 4.90 Å². The molecular formula is C20H20N2O2. The van der Waals surface area contributed by atoms with Gasteiger partial charge in [0.2, 0.25) is 0 Å². The normalized spacial score (nSPS) is 21.5. The number of piperidine rings is 1. The van der Waals surface area contributed by atoms with Crippen molar-refractivity contribution in [3.05, 3.63) is 40.5 Å². The van der Waals surface area contributed by atoms with Crippen molar-refractivity contribution in [3.63, 3.8) is 0 Å². The quantitative estimate of drug-likeness (QED) is 0.786. The standard InChI is InChI=1S/C20H20N2O2/c1-13(23)14-2-3-15-11-18(24)17(12-21)19(16(15)10-14)22-8-6-20(4-5-20)7-9-22/h2-3,10H,4-9,11H2,1H3. The van der Waals surface area contributed by atoms with E-state index in [1.165, 1.54) is 12.8 Å². The van der Waals surface area contributed by atoms with Crippen molar-refractivity contribution in [3.8, 4) is 6.07 Å². The summed E-state index contributed by atoms with van der Waals surface area (Å²) in [6.45, 7) is 3.32. The molecule has 4 rings (SSSR count). The number of fused-ring (bicyclic) bond motifs is 1. The van der Waals surface area contributed by atoms with Gasteiger partial charge in [-0.2, -0.15) is 5.26 Å². The molecule has 3 aliphatic rings. The smallest absolute Gasteiger partial charge is 0.179 e.